The number of benzene rings is 1. The van der Waals surface area contributed by atoms with Crippen molar-refractivity contribution in [3.05, 3.63) is 36.2 Å². The molecule has 1 aliphatic heterocycles. The van der Waals surface area contributed by atoms with Gasteiger partial charge in [0.05, 0.1) is 12.8 Å². The number of carbonyl (C=O) groups is 1. The largest absolute Gasteiger partial charge is 0.497 e. The number of ether oxygens (including phenoxy) is 1. The Morgan fingerprint density at radius 3 is 2.89 bits per heavy atom. The second-order valence-electron chi connectivity index (χ2n) is 7.13. The van der Waals surface area contributed by atoms with Gasteiger partial charge in [0.25, 0.3) is 0 Å². The molecule has 0 aliphatic carbocycles. The maximum absolute atomic E-state index is 12.2. The molecule has 1 saturated heterocycles. The van der Waals surface area contributed by atoms with Gasteiger partial charge in [-0.15, -0.1) is 0 Å². The second kappa shape index (κ2) is 8.37. The highest BCUT2D eigenvalue weighted by atomic mass is 16.5. The molecule has 1 aliphatic rings. The van der Waals surface area contributed by atoms with Gasteiger partial charge in [-0.05, 0) is 30.5 Å². The highest BCUT2D eigenvalue weighted by Crippen LogP contribution is 2.35. The van der Waals surface area contributed by atoms with Crippen molar-refractivity contribution in [2.75, 3.05) is 39.2 Å². The fourth-order valence-corrected chi connectivity index (χ4v) is 3.58. The van der Waals surface area contributed by atoms with E-state index in [1.165, 1.54) is 0 Å². The van der Waals surface area contributed by atoms with Gasteiger partial charge >= 0.3 is 0 Å². The molecule has 1 amide bonds. The van der Waals surface area contributed by atoms with E-state index in [9.17, 15) is 4.79 Å². The van der Waals surface area contributed by atoms with Crippen LogP contribution in [-0.2, 0) is 4.79 Å². The zero-order valence-corrected chi connectivity index (χ0v) is 16.6. The van der Waals surface area contributed by atoms with Crippen LogP contribution in [0.15, 0.2) is 30.5 Å². The van der Waals surface area contributed by atoms with E-state index in [0.717, 1.165) is 42.0 Å². The van der Waals surface area contributed by atoms with Gasteiger partial charge in [0.1, 0.15) is 5.75 Å². The van der Waals surface area contributed by atoms with Crippen LogP contribution in [0.4, 0.5) is 5.95 Å². The zero-order chi connectivity index (χ0) is 19.4. The van der Waals surface area contributed by atoms with E-state index in [4.69, 9.17) is 9.72 Å². The lowest BCUT2D eigenvalue weighted by Gasteiger charge is -2.33. The van der Waals surface area contributed by atoms with Gasteiger partial charge < -0.3 is 14.5 Å². The van der Waals surface area contributed by atoms with Crippen molar-refractivity contribution in [2.24, 2.45) is 0 Å². The van der Waals surface area contributed by atoms with Crippen LogP contribution in [0.1, 0.15) is 37.8 Å². The molecule has 1 aromatic heterocycles. The Balaban J connectivity index is 2.03. The Morgan fingerprint density at radius 1 is 1.37 bits per heavy atom. The van der Waals surface area contributed by atoms with Crippen LogP contribution < -0.4 is 9.64 Å². The van der Waals surface area contributed by atoms with Gasteiger partial charge in [-0.25, -0.2) is 9.97 Å². The summed E-state index contributed by atoms with van der Waals surface area (Å²) in [4.78, 5) is 25.5. The summed E-state index contributed by atoms with van der Waals surface area (Å²) in [5.41, 5.74) is 3.06. The van der Waals surface area contributed by atoms with E-state index >= 15 is 0 Å². The molecule has 2 heterocycles. The first-order valence-electron chi connectivity index (χ1n) is 9.50. The summed E-state index contributed by atoms with van der Waals surface area (Å²) < 4.78 is 5.38. The number of hydrogen-bond acceptors (Lipinski definition) is 5. The second-order valence-corrected chi connectivity index (χ2v) is 7.13. The molecule has 1 aromatic carbocycles. The molecular weight excluding hydrogens is 340 g/mol. The van der Waals surface area contributed by atoms with Gasteiger partial charge in [-0.3, -0.25) is 4.79 Å². The molecule has 3 rings (SSSR count). The lowest BCUT2D eigenvalue weighted by Crippen LogP contribution is -2.39. The number of rotatable bonds is 5. The number of aromatic nitrogens is 2. The molecule has 0 N–H and O–H groups in total. The molecule has 0 saturated carbocycles. The molecule has 144 valence electrons. The Labute approximate surface area is 161 Å². The maximum atomic E-state index is 12.2. The van der Waals surface area contributed by atoms with Crippen LogP contribution in [0.5, 0.6) is 5.75 Å². The minimum Gasteiger partial charge on any atom is -0.497 e. The third kappa shape index (κ3) is 4.21. The standard InChI is InChI=1S/C21H28N4O2/c1-5-19(26)25-11-7-9-16(14-25)20-18(13-22-21(23-20)24(2)3)15-8-6-10-17(12-15)27-4/h6,8,10,12-13,16H,5,7,9,11,14H2,1-4H3/t16-/m0/s1. The van der Waals surface area contributed by atoms with Gasteiger partial charge in [0, 0.05) is 51.3 Å². The summed E-state index contributed by atoms with van der Waals surface area (Å²) in [6, 6.07) is 7.97. The molecular formula is C21H28N4O2. The summed E-state index contributed by atoms with van der Waals surface area (Å²) in [6.45, 7) is 3.47. The molecule has 0 unspecified atom stereocenters. The quantitative estimate of drug-likeness (QED) is 0.810. The average Bonchev–Trinajstić information content (AvgIpc) is 2.72. The predicted molar refractivity (Wildman–Crippen MR) is 107 cm³/mol. The van der Waals surface area contributed by atoms with Crippen LogP contribution >= 0.6 is 0 Å². The molecule has 2 aromatic rings. The van der Waals surface area contributed by atoms with Crippen LogP contribution in [-0.4, -0.2) is 55.1 Å². The number of carbonyl (C=O) groups excluding carboxylic acids is 1. The Morgan fingerprint density at radius 2 is 2.19 bits per heavy atom. The Hall–Kier alpha value is -2.63. The maximum Gasteiger partial charge on any atom is 0.225 e. The molecule has 6 heteroatoms. The fourth-order valence-electron chi connectivity index (χ4n) is 3.58. The van der Waals surface area contributed by atoms with Gasteiger partial charge in [-0.2, -0.15) is 0 Å². The van der Waals surface area contributed by atoms with Crippen molar-refractivity contribution in [2.45, 2.75) is 32.1 Å². The minimum atomic E-state index is 0.206. The van der Waals surface area contributed by atoms with Crippen molar-refractivity contribution in [3.8, 4) is 16.9 Å². The van der Waals surface area contributed by atoms with Crippen molar-refractivity contribution >= 4 is 11.9 Å². The molecule has 1 atom stereocenters. The summed E-state index contributed by atoms with van der Waals surface area (Å²) >= 11 is 0. The summed E-state index contributed by atoms with van der Waals surface area (Å²) in [5.74, 6) is 1.92. The van der Waals surface area contributed by atoms with E-state index in [1.807, 2.05) is 55.2 Å². The lowest BCUT2D eigenvalue weighted by atomic mass is 9.89. The third-order valence-electron chi connectivity index (χ3n) is 5.05. The van der Waals surface area contributed by atoms with E-state index in [0.29, 0.717) is 18.9 Å². The highest BCUT2D eigenvalue weighted by Gasteiger charge is 2.27. The number of piperidine rings is 1. The van der Waals surface area contributed by atoms with Crippen LogP contribution in [0, 0.1) is 0 Å². The SMILES string of the molecule is CCC(=O)N1CCC[C@H](c2nc(N(C)C)ncc2-c2cccc(OC)c2)C1. The van der Waals surface area contributed by atoms with Crippen molar-refractivity contribution in [1.82, 2.24) is 14.9 Å². The first kappa shape index (κ1) is 19.1. The number of hydrogen-bond donors (Lipinski definition) is 0. The summed E-state index contributed by atoms with van der Waals surface area (Å²) in [7, 11) is 5.55. The number of methoxy groups -OCH3 is 1. The van der Waals surface area contributed by atoms with Crippen molar-refractivity contribution in [1.29, 1.82) is 0 Å². The molecule has 27 heavy (non-hydrogen) atoms. The molecule has 0 radical (unpaired) electrons. The van der Waals surface area contributed by atoms with E-state index in [2.05, 4.69) is 11.1 Å². The highest BCUT2D eigenvalue weighted by molar-refractivity contribution is 5.76. The summed E-state index contributed by atoms with van der Waals surface area (Å²) in [5, 5.41) is 0. The third-order valence-corrected chi connectivity index (χ3v) is 5.05. The fraction of sp³-hybridized carbons (Fsp3) is 0.476. The topological polar surface area (TPSA) is 58.6 Å². The number of anilines is 1. The molecule has 1 fully saturated rings. The minimum absolute atomic E-state index is 0.206. The Kier molecular flexibility index (Phi) is 5.94. The number of nitrogens with zero attached hydrogens (tertiary/aromatic N) is 4. The molecule has 0 spiro atoms. The molecule has 0 bridgehead atoms. The van der Waals surface area contributed by atoms with Crippen LogP contribution in [0.3, 0.4) is 0 Å². The Bertz CT molecular complexity index is 807. The lowest BCUT2D eigenvalue weighted by molar-refractivity contribution is -0.132. The summed E-state index contributed by atoms with van der Waals surface area (Å²) in [6.07, 6.45) is 4.46. The van der Waals surface area contributed by atoms with Crippen molar-refractivity contribution < 1.29 is 9.53 Å². The average molecular weight is 368 g/mol. The smallest absolute Gasteiger partial charge is 0.225 e. The monoisotopic (exact) mass is 368 g/mol. The van der Waals surface area contributed by atoms with Crippen LogP contribution in [0.2, 0.25) is 0 Å². The van der Waals surface area contributed by atoms with E-state index in [-0.39, 0.29) is 11.8 Å². The zero-order valence-electron chi connectivity index (χ0n) is 16.6. The number of amides is 1. The van der Waals surface area contributed by atoms with E-state index in [1.54, 1.807) is 7.11 Å². The molecule has 6 nitrogen and oxygen atoms in total. The normalized spacial score (nSPS) is 16.9. The van der Waals surface area contributed by atoms with Gasteiger partial charge in [-0.1, -0.05) is 19.1 Å². The van der Waals surface area contributed by atoms with E-state index < -0.39 is 0 Å². The van der Waals surface area contributed by atoms with Crippen molar-refractivity contribution in [3.63, 3.8) is 0 Å². The number of likely N-dealkylation sites (tertiary alicyclic amines) is 1. The van der Waals surface area contributed by atoms with Gasteiger partial charge in [0.15, 0.2) is 0 Å². The van der Waals surface area contributed by atoms with Gasteiger partial charge in [0.2, 0.25) is 11.9 Å². The van der Waals surface area contributed by atoms with Crippen LogP contribution in [0.25, 0.3) is 11.1 Å². The first-order chi connectivity index (χ1) is 13.0. The first-order valence-corrected chi connectivity index (χ1v) is 9.50. The predicted octanol–water partition coefficient (Wildman–Crippen LogP) is 3.33.